The van der Waals surface area contributed by atoms with Crippen LogP contribution in [0.5, 0.6) is 0 Å². The molecule has 0 N–H and O–H groups in total. The summed E-state index contributed by atoms with van der Waals surface area (Å²) in [5.41, 5.74) is 2.33. The molecule has 1 aromatic heterocycles. The third kappa shape index (κ3) is 3.00. The van der Waals surface area contributed by atoms with Crippen molar-refractivity contribution in [1.82, 2.24) is 9.88 Å². The molecule has 1 amide bonds. The number of hydrogen-bond acceptors (Lipinski definition) is 3. The highest BCUT2D eigenvalue weighted by Crippen LogP contribution is 2.23. The van der Waals surface area contributed by atoms with Crippen LogP contribution in [-0.2, 0) is 4.79 Å². The van der Waals surface area contributed by atoms with Crippen molar-refractivity contribution in [3.63, 3.8) is 0 Å². The van der Waals surface area contributed by atoms with Crippen LogP contribution in [0.4, 0.5) is 0 Å². The van der Waals surface area contributed by atoms with Gasteiger partial charge in [-0.2, -0.15) is 0 Å². The standard InChI is InChI=1S/C15H20N2O2/c1-10-6-7-14(12(3)16-10)15(19)17-8-4-5-13(17)9-11(2)18/h6-7,13H,4-5,8-9H2,1-3H3. The molecule has 2 rings (SSSR count). The van der Waals surface area contributed by atoms with E-state index in [4.69, 9.17) is 0 Å². The Morgan fingerprint density at radius 3 is 2.74 bits per heavy atom. The average molecular weight is 260 g/mol. The van der Waals surface area contributed by atoms with Crippen molar-refractivity contribution in [2.75, 3.05) is 6.54 Å². The highest BCUT2D eigenvalue weighted by Gasteiger charge is 2.30. The fraction of sp³-hybridized carbons (Fsp3) is 0.533. The lowest BCUT2D eigenvalue weighted by Gasteiger charge is -2.24. The van der Waals surface area contributed by atoms with Gasteiger partial charge in [0.05, 0.1) is 11.3 Å². The number of aryl methyl sites for hydroxylation is 2. The molecule has 0 saturated carbocycles. The Labute approximate surface area is 113 Å². The number of carbonyl (C=O) groups is 2. The molecule has 0 radical (unpaired) electrons. The molecule has 0 bridgehead atoms. The third-order valence-electron chi connectivity index (χ3n) is 3.62. The van der Waals surface area contributed by atoms with Crippen LogP contribution in [-0.4, -0.2) is 34.2 Å². The van der Waals surface area contributed by atoms with Crippen LogP contribution in [0, 0.1) is 13.8 Å². The lowest BCUT2D eigenvalue weighted by Crippen LogP contribution is -2.37. The normalized spacial score (nSPS) is 18.7. The van der Waals surface area contributed by atoms with E-state index in [1.165, 1.54) is 0 Å². The molecule has 1 saturated heterocycles. The van der Waals surface area contributed by atoms with Gasteiger partial charge in [0.25, 0.3) is 5.91 Å². The van der Waals surface area contributed by atoms with Crippen LogP contribution in [0.1, 0.15) is 47.9 Å². The van der Waals surface area contributed by atoms with Gasteiger partial charge in [0.1, 0.15) is 5.78 Å². The van der Waals surface area contributed by atoms with Crippen LogP contribution in [0.3, 0.4) is 0 Å². The summed E-state index contributed by atoms with van der Waals surface area (Å²) in [6.45, 7) is 6.09. The maximum absolute atomic E-state index is 12.5. The zero-order chi connectivity index (χ0) is 14.0. The molecular weight excluding hydrogens is 240 g/mol. The van der Waals surface area contributed by atoms with E-state index >= 15 is 0 Å². The highest BCUT2D eigenvalue weighted by atomic mass is 16.2. The predicted octanol–water partition coefficient (Wildman–Crippen LogP) is 2.28. The van der Waals surface area contributed by atoms with Gasteiger partial charge in [-0.25, -0.2) is 0 Å². The van der Waals surface area contributed by atoms with Gasteiger partial charge in [-0.15, -0.1) is 0 Å². The molecule has 1 atom stereocenters. The quantitative estimate of drug-likeness (QED) is 0.837. The number of pyridine rings is 1. The summed E-state index contributed by atoms with van der Waals surface area (Å²) in [7, 11) is 0. The van der Waals surface area contributed by atoms with Crippen LogP contribution >= 0.6 is 0 Å². The fourth-order valence-electron chi connectivity index (χ4n) is 2.71. The third-order valence-corrected chi connectivity index (χ3v) is 3.62. The van der Waals surface area contributed by atoms with Gasteiger partial charge >= 0.3 is 0 Å². The highest BCUT2D eigenvalue weighted by molar-refractivity contribution is 5.96. The number of aromatic nitrogens is 1. The first-order valence-electron chi connectivity index (χ1n) is 6.73. The molecule has 1 unspecified atom stereocenters. The Bertz CT molecular complexity index is 511. The molecule has 4 heteroatoms. The van der Waals surface area contributed by atoms with Gasteiger partial charge in [0.2, 0.25) is 0 Å². The fourth-order valence-corrected chi connectivity index (χ4v) is 2.71. The number of carbonyl (C=O) groups excluding carboxylic acids is 2. The molecule has 2 heterocycles. The van der Waals surface area contributed by atoms with Crippen molar-refractivity contribution in [3.05, 3.63) is 29.1 Å². The molecule has 1 aliphatic rings. The summed E-state index contributed by atoms with van der Waals surface area (Å²) < 4.78 is 0. The summed E-state index contributed by atoms with van der Waals surface area (Å²) in [5.74, 6) is 0.150. The summed E-state index contributed by atoms with van der Waals surface area (Å²) in [5, 5.41) is 0. The van der Waals surface area contributed by atoms with E-state index in [0.717, 1.165) is 30.8 Å². The summed E-state index contributed by atoms with van der Waals surface area (Å²) in [6, 6.07) is 3.75. The van der Waals surface area contributed by atoms with Gasteiger partial charge in [0.15, 0.2) is 0 Å². The van der Waals surface area contributed by atoms with Gasteiger partial charge in [-0.3, -0.25) is 14.6 Å². The summed E-state index contributed by atoms with van der Waals surface area (Å²) in [6.07, 6.45) is 2.36. The van der Waals surface area contributed by atoms with Gasteiger partial charge in [0, 0.05) is 24.7 Å². The Morgan fingerprint density at radius 2 is 2.11 bits per heavy atom. The van der Waals surface area contributed by atoms with Crippen molar-refractivity contribution in [1.29, 1.82) is 0 Å². The number of amides is 1. The zero-order valence-electron chi connectivity index (χ0n) is 11.8. The minimum absolute atomic E-state index is 0.00810. The average Bonchev–Trinajstić information content (AvgIpc) is 2.75. The number of rotatable bonds is 3. The summed E-state index contributed by atoms with van der Waals surface area (Å²) in [4.78, 5) is 30.0. The second kappa shape index (κ2) is 5.51. The molecule has 4 nitrogen and oxygen atoms in total. The Balaban J connectivity index is 2.20. The van der Waals surface area contributed by atoms with Crippen molar-refractivity contribution in [2.24, 2.45) is 0 Å². The van der Waals surface area contributed by atoms with E-state index in [2.05, 4.69) is 4.98 Å². The first kappa shape index (κ1) is 13.7. The minimum Gasteiger partial charge on any atom is -0.335 e. The second-order valence-corrected chi connectivity index (χ2v) is 5.29. The first-order chi connectivity index (χ1) is 8.99. The lowest BCUT2D eigenvalue weighted by atomic mass is 10.1. The smallest absolute Gasteiger partial charge is 0.255 e. The molecule has 0 aromatic carbocycles. The van der Waals surface area contributed by atoms with Crippen molar-refractivity contribution < 1.29 is 9.59 Å². The van der Waals surface area contributed by atoms with E-state index in [1.54, 1.807) is 6.92 Å². The Morgan fingerprint density at radius 1 is 1.37 bits per heavy atom. The molecule has 0 aliphatic carbocycles. The maximum atomic E-state index is 12.5. The van der Waals surface area contributed by atoms with Crippen molar-refractivity contribution in [3.8, 4) is 0 Å². The topological polar surface area (TPSA) is 50.3 Å². The van der Waals surface area contributed by atoms with Crippen LogP contribution in [0.15, 0.2) is 12.1 Å². The lowest BCUT2D eigenvalue weighted by molar-refractivity contribution is -0.117. The van der Waals surface area contributed by atoms with Gasteiger partial charge in [-0.05, 0) is 45.7 Å². The largest absolute Gasteiger partial charge is 0.335 e. The Hall–Kier alpha value is -1.71. The van der Waals surface area contributed by atoms with Crippen LogP contribution < -0.4 is 0 Å². The van der Waals surface area contributed by atoms with Gasteiger partial charge in [-0.1, -0.05) is 0 Å². The number of Topliss-reactive ketones (excluding diaryl/α,β-unsaturated/α-hetero) is 1. The van der Waals surface area contributed by atoms with Crippen molar-refractivity contribution >= 4 is 11.7 Å². The number of nitrogens with zero attached hydrogens (tertiary/aromatic N) is 2. The number of ketones is 1. The second-order valence-electron chi connectivity index (χ2n) is 5.29. The van der Waals surface area contributed by atoms with Crippen LogP contribution in [0.25, 0.3) is 0 Å². The zero-order valence-corrected chi connectivity index (χ0v) is 11.8. The predicted molar refractivity (Wildman–Crippen MR) is 73.1 cm³/mol. The Kier molecular flexibility index (Phi) is 3.98. The SMILES string of the molecule is CC(=O)CC1CCCN1C(=O)c1ccc(C)nc1C. The van der Waals surface area contributed by atoms with E-state index in [1.807, 2.05) is 30.9 Å². The van der Waals surface area contributed by atoms with Crippen molar-refractivity contribution in [2.45, 2.75) is 46.1 Å². The monoisotopic (exact) mass is 260 g/mol. The molecule has 1 aliphatic heterocycles. The first-order valence-corrected chi connectivity index (χ1v) is 6.73. The molecule has 0 spiro atoms. The number of likely N-dealkylation sites (tertiary alicyclic amines) is 1. The van der Waals surface area contributed by atoms with E-state index < -0.39 is 0 Å². The van der Waals surface area contributed by atoms with E-state index in [-0.39, 0.29) is 17.7 Å². The summed E-state index contributed by atoms with van der Waals surface area (Å²) >= 11 is 0. The number of hydrogen-bond donors (Lipinski definition) is 0. The minimum atomic E-state index is 0.00810. The molecule has 1 aromatic rings. The maximum Gasteiger partial charge on any atom is 0.255 e. The van der Waals surface area contributed by atoms with Gasteiger partial charge < -0.3 is 4.90 Å². The molecule has 1 fully saturated rings. The molecule has 19 heavy (non-hydrogen) atoms. The van der Waals surface area contributed by atoms with Crippen LogP contribution in [0.2, 0.25) is 0 Å². The molecular formula is C15H20N2O2. The molecule has 102 valence electrons. The van der Waals surface area contributed by atoms with E-state index in [9.17, 15) is 9.59 Å². The van der Waals surface area contributed by atoms with E-state index in [0.29, 0.717) is 12.0 Å².